The Morgan fingerprint density at radius 1 is 1.56 bits per heavy atom. The highest BCUT2D eigenvalue weighted by Gasteiger charge is 2.00. The van der Waals surface area contributed by atoms with Crippen LogP contribution in [0, 0.1) is 29.0 Å². The van der Waals surface area contributed by atoms with Gasteiger partial charge in [-0.15, -0.1) is 0 Å². The second-order valence-electron chi connectivity index (χ2n) is 2.89. The zero-order valence-electron chi connectivity index (χ0n) is 8.58. The van der Waals surface area contributed by atoms with Crippen molar-refractivity contribution < 1.29 is 9.18 Å². The highest BCUT2D eigenvalue weighted by Crippen LogP contribution is 2.08. The normalized spacial score (nSPS) is 8.81. The van der Waals surface area contributed by atoms with Gasteiger partial charge in [-0.2, -0.15) is 5.26 Å². The van der Waals surface area contributed by atoms with E-state index in [0.717, 1.165) is 11.8 Å². The average Bonchev–Trinajstić information content (AvgIpc) is 2.26. The minimum Gasteiger partial charge on any atom is -0.288 e. The van der Waals surface area contributed by atoms with Gasteiger partial charge in [0.05, 0.1) is 22.9 Å². The molecule has 0 fully saturated rings. The Balaban J connectivity index is 2.80. The van der Waals surface area contributed by atoms with Crippen molar-refractivity contribution in [2.75, 3.05) is 5.75 Å². The van der Waals surface area contributed by atoms with Crippen molar-refractivity contribution in [2.24, 2.45) is 0 Å². The van der Waals surface area contributed by atoms with E-state index in [-0.39, 0.29) is 10.7 Å². The van der Waals surface area contributed by atoms with Gasteiger partial charge in [-0.05, 0) is 18.2 Å². The van der Waals surface area contributed by atoms with Gasteiger partial charge in [-0.3, -0.25) is 4.79 Å². The summed E-state index contributed by atoms with van der Waals surface area (Å²) in [5, 5.41) is 8.60. The Kier molecular flexibility index (Phi) is 4.57. The van der Waals surface area contributed by atoms with Crippen LogP contribution in [0.4, 0.5) is 4.39 Å². The maximum absolute atomic E-state index is 13.2. The van der Waals surface area contributed by atoms with Gasteiger partial charge in [0.1, 0.15) is 5.82 Å². The molecular formula is C12H8FNOS. The Morgan fingerprint density at radius 2 is 2.31 bits per heavy atom. The molecule has 0 amide bonds. The van der Waals surface area contributed by atoms with Crippen LogP contribution in [-0.2, 0) is 4.79 Å². The molecule has 0 saturated carbocycles. The number of thioether (sulfide) groups is 1. The zero-order valence-corrected chi connectivity index (χ0v) is 9.40. The summed E-state index contributed by atoms with van der Waals surface area (Å²) in [6.45, 7) is 1.45. The average molecular weight is 233 g/mol. The minimum atomic E-state index is -0.459. The maximum Gasteiger partial charge on any atom is 0.186 e. The van der Waals surface area contributed by atoms with Gasteiger partial charge >= 0.3 is 0 Å². The first kappa shape index (κ1) is 12.3. The molecule has 80 valence electrons. The van der Waals surface area contributed by atoms with Crippen LogP contribution >= 0.6 is 11.8 Å². The number of hydrogen-bond acceptors (Lipinski definition) is 3. The van der Waals surface area contributed by atoms with Crippen LogP contribution in [0.3, 0.4) is 0 Å². The van der Waals surface area contributed by atoms with E-state index in [1.807, 2.05) is 6.07 Å². The molecule has 0 atom stereocenters. The molecule has 0 spiro atoms. The first-order valence-corrected chi connectivity index (χ1v) is 5.44. The van der Waals surface area contributed by atoms with Gasteiger partial charge < -0.3 is 0 Å². The van der Waals surface area contributed by atoms with E-state index in [2.05, 4.69) is 11.8 Å². The van der Waals surface area contributed by atoms with Crippen molar-refractivity contribution >= 4 is 16.9 Å². The van der Waals surface area contributed by atoms with Crippen molar-refractivity contribution in [2.45, 2.75) is 6.92 Å². The molecule has 0 heterocycles. The molecule has 0 unspecified atom stereocenters. The van der Waals surface area contributed by atoms with E-state index < -0.39 is 5.82 Å². The van der Waals surface area contributed by atoms with Crippen molar-refractivity contribution in [1.82, 2.24) is 0 Å². The van der Waals surface area contributed by atoms with Crippen LogP contribution < -0.4 is 0 Å². The van der Waals surface area contributed by atoms with Crippen LogP contribution in [0.25, 0.3) is 0 Å². The van der Waals surface area contributed by atoms with Crippen molar-refractivity contribution in [3.63, 3.8) is 0 Å². The maximum atomic E-state index is 13.2. The first-order chi connectivity index (χ1) is 7.63. The lowest BCUT2D eigenvalue weighted by Crippen LogP contribution is -1.86. The van der Waals surface area contributed by atoms with Gasteiger partial charge in [0.25, 0.3) is 0 Å². The van der Waals surface area contributed by atoms with E-state index in [1.165, 1.54) is 25.1 Å². The van der Waals surface area contributed by atoms with E-state index >= 15 is 0 Å². The molecule has 0 saturated heterocycles. The highest BCUT2D eigenvalue weighted by atomic mass is 32.2. The van der Waals surface area contributed by atoms with Crippen molar-refractivity contribution in [3.05, 3.63) is 35.1 Å². The predicted octanol–water partition coefficient (Wildman–Crippen LogP) is 2.33. The molecule has 1 aromatic carbocycles. The lowest BCUT2D eigenvalue weighted by molar-refractivity contribution is -0.109. The summed E-state index contributed by atoms with van der Waals surface area (Å²) in [6, 6.07) is 5.90. The fourth-order valence-electron chi connectivity index (χ4n) is 0.960. The number of rotatable bonds is 1. The second-order valence-corrected chi connectivity index (χ2v) is 4.04. The van der Waals surface area contributed by atoms with Gasteiger partial charge in [0, 0.05) is 6.92 Å². The van der Waals surface area contributed by atoms with Gasteiger partial charge in [0.15, 0.2) is 5.12 Å². The number of nitriles is 1. The number of nitrogens with zero attached hydrogens (tertiary/aromatic N) is 1. The molecule has 0 aliphatic heterocycles. The summed E-state index contributed by atoms with van der Waals surface area (Å²) in [6.07, 6.45) is 0. The molecular weight excluding hydrogens is 225 g/mol. The minimum absolute atomic E-state index is 0.0273. The fraction of sp³-hybridized carbons (Fsp3) is 0.167. The lowest BCUT2D eigenvalue weighted by atomic mass is 10.1. The van der Waals surface area contributed by atoms with Crippen molar-refractivity contribution in [3.8, 4) is 17.9 Å². The molecule has 0 aliphatic carbocycles. The quantitative estimate of drug-likeness (QED) is 0.699. The summed E-state index contributed by atoms with van der Waals surface area (Å²) in [7, 11) is 0. The monoisotopic (exact) mass is 233 g/mol. The molecule has 2 nitrogen and oxygen atoms in total. The second kappa shape index (κ2) is 5.95. The molecule has 0 N–H and O–H groups in total. The van der Waals surface area contributed by atoms with E-state index in [0.29, 0.717) is 11.3 Å². The summed E-state index contributed by atoms with van der Waals surface area (Å²) in [4.78, 5) is 10.6. The summed E-state index contributed by atoms with van der Waals surface area (Å²) in [5.74, 6) is 5.13. The standard InChI is InChI=1S/C12H8FNOS/c1-9(15)16-6-2-3-11-7-10(8-14)4-5-12(11)13/h4-5,7H,6H2,1H3. The molecule has 0 bridgehead atoms. The Bertz CT molecular complexity index is 508. The predicted molar refractivity (Wildman–Crippen MR) is 61.1 cm³/mol. The third-order valence-corrected chi connectivity index (χ3v) is 2.36. The molecule has 0 aliphatic rings. The summed E-state index contributed by atoms with van der Waals surface area (Å²) < 4.78 is 13.2. The van der Waals surface area contributed by atoms with Gasteiger partial charge in [-0.25, -0.2) is 4.39 Å². The van der Waals surface area contributed by atoms with E-state index in [9.17, 15) is 9.18 Å². The molecule has 1 aromatic rings. The van der Waals surface area contributed by atoms with Gasteiger partial charge in [-0.1, -0.05) is 23.6 Å². The highest BCUT2D eigenvalue weighted by molar-refractivity contribution is 8.13. The lowest BCUT2D eigenvalue weighted by Gasteiger charge is -1.94. The Morgan fingerprint density at radius 3 is 2.94 bits per heavy atom. The number of hydrogen-bond donors (Lipinski definition) is 0. The van der Waals surface area contributed by atoms with Crippen LogP contribution in [-0.4, -0.2) is 10.9 Å². The third kappa shape index (κ3) is 3.76. The van der Waals surface area contributed by atoms with Gasteiger partial charge in [0.2, 0.25) is 0 Å². The number of carbonyl (C=O) groups excluding carboxylic acids is 1. The van der Waals surface area contributed by atoms with E-state index in [1.54, 1.807) is 0 Å². The summed E-state index contributed by atoms with van der Waals surface area (Å²) in [5.41, 5.74) is 0.549. The smallest absolute Gasteiger partial charge is 0.186 e. The van der Waals surface area contributed by atoms with Crippen LogP contribution in [0.1, 0.15) is 18.1 Å². The first-order valence-electron chi connectivity index (χ1n) is 4.45. The zero-order chi connectivity index (χ0) is 12.0. The Labute approximate surface area is 97.5 Å². The number of benzene rings is 1. The van der Waals surface area contributed by atoms with Crippen molar-refractivity contribution in [1.29, 1.82) is 5.26 Å². The molecule has 4 heteroatoms. The Hall–Kier alpha value is -1.78. The molecule has 0 aromatic heterocycles. The molecule has 1 rings (SSSR count). The third-order valence-electron chi connectivity index (χ3n) is 1.67. The van der Waals surface area contributed by atoms with Crippen LogP contribution in [0.2, 0.25) is 0 Å². The molecule has 16 heavy (non-hydrogen) atoms. The van der Waals surface area contributed by atoms with Crippen LogP contribution in [0.15, 0.2) is 18.2 Å². The van der Waals surface area contributed by atoms with Crippen LogP contribution in [0.5, 0.6) is 0 Å². The largest absolute Gasteiger partial charge is 0.288 e. The SMILES string of the molecule is CC(=O)SCC#Cc1cc(C#N)ccc1F. The number of carbonyl (C=O) groups is 1. The number of halogens is 1. The topological polar surface area (TPSA) is 40.9 Å². The molecule has 0 radical (unpaired) electrons. The fourth-order valence-corrected chi connectivity index (χ4v) is 1.31. The van der Waals surface area contributed by atoms with E-state index in [4.69, 9.17) is 5.26 Å². The summed E-state index contributed by atoms with van der Waals surface area (Å²) >= 11 is 1.07.